The number of methoxy groups -OCH3 is 1. The molecule has 118 valence electrons. The molecule has 0 saturated carbocycles. The van der Waals surface area contributed by atoms with E-state index < -0.39 is 0 Å². The van der Waals surface area contributed by atoms with Crippen LogP contribution in [0, 0.1) is 0 Å². The normalized spacial score (nSPS) is 16.0. The van der Waals surface area contributed by atoms with E-state index in [0.29, 0.717) is 6.04 Å². The highest BCUT2D eigenvalue weighted by Crippen LogP contribution is 2.26. The molecule has 0 unspecified atom stereocenters. The van der Waals surface area contributed by atoms with E-state index in [4.69, 9.17) is 10.5 Å². The third-order valence-electron chi connectivity index (χ3n) is 4.45. The molecule has 2 heterocycles. The number of benzene rings is 1. The molecule has 0 amide bonds. The fourth-order valence-electron chi connectivity index (χ4n) is 3.00. The molecule has 0 bridgehead atoms. The predicted molar refractivity (Wildman–Crippen MR) is 88.4 cm³/mol. The van der Waals surface area contributed by atoms with Crippen LogP contribution in [0.4, 0.5) is 5.69 Å². The van der Waals surface area contributed by atoms with E-state index in [-0.39, 0.29) is 0 Å². The topological polar surface area (TPSA) is 56.3 Å². The van der Waals surface area contributed by atoms with Gasteiger partial charge in [0.1, 0.15) is 5.75 Å². The third kappa shape index (κ3) is 3.09. The first-order valence-electron chi connectivity index (χ1n) is 7.81. The van der Waals surface area contributed by atoms with Gasteiger partial charge in [0, 0.05) is 32.6 Å². The monoisotopic (exact) mass is 300 g/mol. The van der Waals surface area contributed by atoms with Crippen molar-refractivity contribution in [2.75, 3.05) is 25.1 Å². The molecule has 1 aliphatic rings. The molecule has 0 aliphatic carbocycles. The summed E-state index contributed by atoms with van der Waals surface area (Å²) in [7, 11) is 3.70. The van der Waals surface area contributed by atoms with E-state index in [9.17, 15) is 0 Å². The van der Waals surface area contributed by atoms with Crippen LogP contribution in [0.15, 0.2) is 30.5 Å². The minimum absolute atomic E-state index is 0.345. The lowest BCUT2D eigenvalue weighted by Crippen LogP contribution is -2.40. The largest absolute Gasteiger partial charge is 0.497 e. The lowest BCUT2D eigenvalue weighted by atomic mass is 10.0. The van der Waals surface area contributed by atoms with Crippen molar-refractivity contribution >= 4 is 5.69 Å². The summed E-state index contributed by atoms with van der Waals surface area (Å²) in [5.74, 6) is 0.888. The summed E-state index contributed by atoms with van der Waals surface area (Å²) < 4.78 is 7.20. The highest BCUT2D eigenvalue weighted by Gasteiger charge is 2.21. The van der Waals surface area contributed by atoms with Crippen molar-refractivity contribution in [3.8, 4) is 5.75 Å². The third-order valence-corrected chi connectivity index (χ3v) is 4.45. The SMILES string of the molecule is COc1ccc(Cc2c(N3CCC(N)CC3)cnn2C)cc1. The number of anilines is 1. The van der Waals surface area contributed by atoms with Crippen molar-refractivity contribution in [1.82, 2.24) is 9.78 Å². The Bertz CT molecular complexity index is 612. The number of ether oxygens (including phenoxy) is 1. The van der Waals surface area contributed by atoms with Gasteiger partial charge in [-0.3, -0.25) is 4.68 Å². The van der Waals surface area contributed by atoms with Crippen molar-refractivity contribution in [2.24, 2.45) is 12.8 Å². The number of hydrogen-bond donors (Lipinski definition) is 1. The molecule has 3 rings (SSSR count). The molecule has 1 saturated heterocycles. The van der Waals surface area contributed by atoms with Gasteiger partial charge in [0.15, 0.2) is 0 Å². The van der Waals surface area contributed by atoms with Gasteiger partial charge in [0.25, 0.3) is 0 Å². The Morgan fingerprint density at radius 2 is 1.91 bits per heavy atom. The molecule has 0 spiro atoms. The van der Waals surface area contributed by atoms with E-state index in [1.807, 2.05) is 30.1 Å². The van der Waals surface area contributed by atoms with Gasteiger partial charge in [-0.25, -0.2) is 0 Å². The molecule has 2 aromatic rings. The molecule has 1 fully saturated rings. The number of hydrogen-bond acceptors (Lipinski definition) is 4. The Hall–Kier alpha value is -2.01. The number of aromatic nitrogens is 2. The quantitative estimate of drug-likeness (QED) is 0.937. The zero-order valence-corrected chi connectivity index (χ0v) is 13.3. The second-order valence-corrected chi connectivity index (χ2v) is 5.95. The Balaban J connectivity index is 1.79. The fourth-order valence-corrected chi connectivity index (χ4v) is 3.00. The Morgan fingerprint density at radius 3 is 2.55 bits per heavy atom. The summed E-state index contributed by atoms with van der Waals surface area (Å²) in [6, 6.07) is 8.58. The highest BCUT2D eigenvalue weighted by molar-refractivity contribution is 5.52. The smallest absolute Gasteiger partial charge is 0.118 e. The van der Waals surface area contributed by atoms with Gasteiger partial charge < -0.3 is 15.4 Å². The minimum atomic E-state index is 0.345. The van der Waals surface area contributed by atoms with Crippen molar-refractivity contribution in [3.05, 3.63) is 41.7 Å². The minimum Gasteiger partial charge on any atom is -0.497 e. The molecular formula is C17H24N4O. The van der Waals surface area contributed by atoms with E-state index in [0.717, 1.165) is 38.1 Å². The molecule has 5 nitrogen and oxygen atoms in total. The van der Waals surface area contributed by atoms with Crippen LogP contribution in [0.2, 0.25) is 0 Å². The average molecular weight is 300 g/mol. The summed E-state index contributed by atoms with van der Waals surface area (Å²) in [6.45, 7) is 2.03. The maximum Gasteiger partial charge on any atom is 0.118 e. The number of nitrogens with two attached hydrogens (primary N) is 1. The lowest BCUT2D eigenvalue weighted by molar-refractivity contribution is 0.414. The molecule has 22 heavy (non-hydrogen) atoms. The van der Waals surface area contributed by atoms with Gasteiger partial charge in [-0.2, -0.15) is 5.10 Å². The molecule has 1 aromatic carbocycles. The second kappa shape index (κ2) is 6.40. The number of aryl methyl sites for hydroxylation is 1. The molecule has 0 radical (unpaired) electrons. The maximum absolute atomic E-state index is 6.01. The van der Waals surface area contributed by atoms with E-state index in [1.165, 1.54) is 16.9 Å². The Morgan fingerprint density at radius 1 is 1.23 bits per heavy atom. The molecule has 2 N–H and O–H groups in total. The lowest BCUT2D eigenvalue weighted by Gasteiger charge is -2.31. The number of piperidine rings is 1. The van der Waals surface area contributed by atoms with Gasteiger partial charge in [-0.05, 0) is 30.5 Å². The second-order valence-electron chi connectivity index (χ2n) is 5.95. The van der Waals surface area contributed by atoms with E-state index in [1.54, 1.807) is 7.11 Å². The average Bonchev–Trinajstić information content (AvgIpc) is 2.90. The molecule has 1 aromatic heterocycles. The van der Waals surface area contributed by atoms with Crippen LogP contribution in [0.25, 0.3) is 0 Å². The van der Waals surface area contributed by atoms with Crippen LogP contribution >= 0.6 is 0 Å². The summed E-state index contributed by atoms with van der Waals surface area (Å²) in [6.07, 6.45) is 4.96. The van der Waals surface area contributed by atoms with Crippen molar-refractivity contribution in [2.45, 2.75) is 25.3 Å². The van der Waals surface area contributed by atoms with Crippen LogP contribution < -0.4 is 15.4 Å². The first-order chi connectivity index (χ1) is 10.7. The zero-order valence-electron chi connectivity index (χ0n) is 13.3. The van der Waals surface area contributed by atoms with Crippen LogP contribution in [0.1, 0.15) is 24.1 Å². The van der Waals surface area contributed by atoms with Crippen LogP contribution in [-0.4, -0.2) is 36.0 Å². The standard InChI is InChI=1S/C17H24N4O/c1-20-16(11-13-3-5-15(22-2)6-4-13)17(12-19-20)21-9-7-14(18)8-10-21/h3-6,12,14H,7-11,18H2,1-2H3. The molecule has 1 aliphatic heterocycles. The van der Waals surface area contributed by atoms with Crippen molar-refractivity contribution in [3.63, 3.8) is 0 Å². The first kappa shape index (κ1) is 14.9. The van der Waals surface area contributed by atoms with E-state index >= 15 is 0 Å². The van der Waals surface area contributed by atoms with Gasteiger partial charge in [-0.15, -0.1) is 0 Å². The Kier molecular flexibility index (Phi) is 4.34. The predicted octanol–water partition coefficient (Wildman–Crippen LogP) is 1.95. The summed E-state index contributed by atoms with van der Waals surface area (Å²) in [5, 5.41) is 4.46. The molecular weight excluding hydrogens is 276 g/mol. The summed E-state index contributed by atoms with van der Waals surface area (Å²) >= 11 is 0. The van der Waals surface area contributed by atoms with Gasteiger partial charge in [-0.1, -0.05) is 12.1 Å². The van der Waals surface area contributed by atoms with Crippen molar-refractivity contribution < 1.29 is 4.74 Å². The molecule has 0 atom stereocenters. The van der Waals surface area contributed by atoms with Gasteiger partial charge in [0.2, 0.25) is 0 Å². The summed E-state index contributed by atoms with van der Waals surface area (Å²) in [4.78, 5) is 2.41. The zero-order chi connectivity index (χ0) is 15.5. The molecule has 5 heteroatoms. The summed E-state index contributed by atoms with van der Waals surface area (Å²) in [5.41, 5.74) is 9.76. The number of nitrogens with zero attached hydrogens (tertiary/aromatic N) is 3. The van der Waals surface area contributed by atoms with Crippen LogP contribution in [-0.2, 0) is 13.5 Å². The van der Waals surface area contributed by atoms with Gasteiger partial charge in [0.05, 0.1) is 24.7 Å². The van der Waals surface area contributed by atoms with Crippen molar-refractivity contribution in [1.29, 1.82) is 0 Å². The maximum atomic E-state index is 6.01. The van der Waals surface area contributed by atoms with Crippen LogP contribution in [0.5, 0.6) is 5.75 Å². The van der Waals surface area contributed by atoms with Crippen LogP contribution in [0.3, 0.4) is 0 Å². The first-order valence-corrected chi connectivity index (χ1v) is 7.81. The number of rotatable bonds is 4. The van der Waals surface area contributed by atoms with E-state index in [2.05, 4.69) is 22.1 Å². The van der Waals surface area contributed by atoms with Gasteiger partial charge >= 0.3 is 0 Å². The highest BCUT2D eigenvalue weighted by atomic mass is 16.5. The fraction of sp³-hybridized carbons (Fsp3) is 0.471. The Labute approximate surface area is 131 Å².